The number of nitrogens with one attached hydrogen (secondary N) is 3. The molecule has 1 aliphatic heterocycles. The maximum Gasteiger partial charge on any atom is 0.321 e. The van der Waals surface area contributed by atoms with Gasteiger partial charge in [-0.1, -0.05) is 0 Å². The third-order valence-electron chi connectivity index (χ3n) is 3.12. The second-order valence-corrected chi connectivity index (χ2v) is 4.77. The van der Waals surface area contributed by atoms with Crippen LogP contribution in [0, 0.1) is 0 Å². The van der Waals surface area contributed by atoms with Crippen molar-refractivity contribution in [1.82, 2.24) is 20.9 Å². The molecule has 1 unspecified atom stereocenters. The zero-order valence-corrected chi connectivity index (χ0v) is 12.6. The SMILES string of the molecule is CCNC(=O)NC(=O)C(C)NCCC(=O)N1CCOCC1. The van der Waals surface area contributed by atoms with E-state index in [-0.39, 0.29) is 5.91 Å². The van der Waals surface area contributed by atoms with E-state index in [0.29, 0.717) is 45.8 Å². The van der Waals surface area contributed by atoms with E-state index in [9.17, 15) is 14.4 Å². The van der Waals surface area contributed by atoms with Crippen LogP contribution in [0.5, 0.6) is 0 Å². The summed E-state index contributed by atoms with van der Waals surface area (Å²) in [5, 5.41) is 7.63. The first-order valence-electron chi connectivity index (χ1n) is 7.22. The highest BCUT2D eigenvalue weighted by molar-refractivity contribution is 5.96. The van der Waals surface area contributed by atoms with Crippen molar-refractivity contribution in [2.75, 3.05) is 39.4 Å². The second-order valence-electron chi connectivity index (χ2n) is 4.77. The lowest BCUT2D eigenvalue weighted by Gasteiger charge is -2.27. The highest BCUT2D eigenvalue weighted by Gasteiger charge is 2.18. The molecule has 21 heavy (non-hydrogen) atoms. The minimum Gasteiger partial charge on any atom is -0.378 e. The van der Waals surface area contributed by atoms with E-state index in [4.69, 9.17) is 4.74 Å². The van der Waals surface area contributed by atoms with Crippen molar-refractivity contribution in [3.8, 4) is 0 Å². The molecule has 1 rings (SSSR count). The van der Waals surface area contributed by atoms with Gasteiger partial charge in [0.05, 0.1) is 19.3 Å². The normalized spacial score (nSPS) is 16.2. The molecular formula is C13H24N4O4. The van der Waals surface area contributed by atoms with Crippen molar-refractivity contribution in [1.29, 1.82) is 0 Å². The van der Waals surface area contributed by atoms with Crippen LogP contribution >= 0.6 is 0 Å². The van der Waals surface area contributed by atoms with Crippen LogP contribution < -0.4 is 16.0 Å². The van der Waals surface area contributed by atoms with Crippen molar-refractivity contribution >= 4 is 17.8 Å². The Hall–Kier alpha value is -1.67. The number of morpholine rings is 1. The van der Waals surface area contributed by atoms with Crippen LogP contribution in [0.1, 0.15) is 20.3 Å². The van der Waals surface area contributed by atoms with Crippen molar-refractivity contribution in [3.63, 3.8) is 0 Å². The van der Waals surface area contributed by atoms with Crippen molar-refractivity contribution in [2.24, 2.45) is 0 Å². The first kappa shape index (κ1) is 17.4. The number of imide groups is 1. The lowest BCUT2D eigenvalue weighted by molar-refractivity contribution is -0.135. The summed E-state index contributed by atoms with van der Waals surface area (Å²) in [7, 11) is 0. The topological polar surface area (TPSA) is 99.8 Å². The van der Waals surface area contributed by atoms with Crippen molar-refractivity contribution in [2.45, 2.75) is 26.3 Å². The monoisotopic (exact) mass is 300 g/mol. The first-order chi connectivity index (χ1) is 10.0. The van der Waals surface area contributed by atoms with Gasteiger partial charge in [-0.15, -0.1) is 0 Å². The Morgan fingerprint density at radius 1 is 1.24 bits per heavy atom. The van der Waals surface area contributed by atoms with Crippen LogP contribution in [0.4, 0.5) is 4.79 Å². The van der Waals surface area contributed by atoms with Gasteiger partial charge in [-0.3, -0.25) is 14.9 Å². The molecule has 1 heterocycles. The average Bonchev–Trinajstić information content (AvgIpc) is 2.48. The number of hydrogen-bond acceptors (Lipinski definition) is 5. The highest BCUT2D eigenvalue weighted by atomic mass is 16.5. The summed E-state index contributed by atoms with van der Waals surface area (Å²) in [4.78, 5) is 36.5. The third-order valence-corrected chi connectivity index (χ3v) is 3.12. The Bertz CT molecular complexity index is 369. The van der Waals surface area contributed by atoms with Gasteiger partial charge in [0.25, 0.3) is 0 Å². The van der Waals surface area contributed by atoms with E-state index < -0.39 is 18.0 Å². The van der Waals surface area contributed by atoms with Crippen molar-refractivity contribution < 1.29 is 19.1 Å². The molecule has 8 nitrogen and oxygen atoms in total. The average molecular weight is 300 g/mol. The van der Waals surface area contributed by atoms with Gasteiger partial charge in [0.2, 0.25) is 11.8 Å². The quantitative estimate of drug-likeness (QED) is 0.588. The van der Waals surface area contributed by atoms with E-state index in [1.165, 1.54) is 0 Å². The molecule has 8 heteroatoms. The number of hydrogen-bond donors (Lipinski definition) is 3. The number of carbonyl (C=O) groups excluding carboxylic acids is 3. The van der Waals surface area contributed by atoms with Gasteiger partial charge in [0.1, 0.15) is 0 Å². The van der Waals surface area contributed by atoms with Gasteiger partial charge in [-0.2, -0.15) is 0 Å². The maximum atomic E-state index is 11.9. The van der Waals surface area contributed by atoms with E-state index in [0.717, 1.165) is 0 Å². The lowest BCUT2D eigenvalue weighted by Crippen LogP contribution is -2.48. The minimum atomic E-state index is -0.537. The van der Waals surface area contributed by atoms with Crippen molar-refractivity contribution in [3.05, 3.63) is 0 Å². The zero-order chi connectivity index (χ0) is 15.7. The summed E-state index contributed by atoms with van der Waals surface area (Å²) in [6.45, 7) is 6.64. The Morgan fingerprint density at radius 3 is 2.52 bits per heavy atom. The first-order valence-corrected chi connectivity index (χ1v) is 7.22. The number of nitrogens with zero attached hydrogens (tertiary/aromatic N) is 1. The molecule has 1 fully saturated rings. The summed E-state index contributed by atoms with van der Waals surface area (Å²) in [6.07, 6.45) is 0.318. The Balaban J connectivity index is 2.19. The summed E-state index contributed by atoms with van der Waals surface area (Å²) in [6, 6.07) is -1.05. The largest absolute Gasteiger partial charge is 0.378 e. The van der Waals surface area contributed by atoms with E-state index in [1.54, 1.807) is 18.7 Å². The van der Waals surface area contributed by atoms with E-state index in [1.807, 2.05) is 0 Å². The lowest BCUT2D eigenvalue weighted by atomic mass is 10.2. The Kier molecular flexibility index (Phi) is 7.70. The van der Waals surface area contributed by atoms with Gasteiger partial charge in [-0.05, 0) is 13.8 Å². The van der Waals surface area contributed by atoms with Gasteiger partial charge >= 0.3 is 6.03 Å². The molecule has 120 valence electrons. The zero-order valence-electron chi connectivity index (χ0n) is 12.6. The van der Waals surface area contributed by atoms with Gasteiger partial charge in [-0.25, -0.2) is 4.79 Å². The molecule has 0 aromatic heterocycles. The molecule has 1 atom stereocenters. The fraction of sp³-hybridized carbons (Fsp3) is 0.769. The van der Waals surface area contributed by atoms with Gasteiger partial charge < -0.3 is 20.3 Å². The van der Waals surface area contributed by atoms with Crippen LogP contribution in [0.2, 0.25) is 0 Å². The molecular weight excluding hydrogens is 276 g/mol. The summed E-state index contributed by atoms with van der Waals surface area (Å²) in [5.74, 6) is -0.373. The maximum absolute atomic E-state index is 11.9. The van der Waals surface area contributed by atoms with E-state index in [2.05, 4.69) is 16.0 Å². The number of amides is 4. The molecule has 0 saturated carbocycles. The Labute approximate surface area is 124 Å². The van der Waals surface area contributed by atoms with Crippen LogP contribution in [0.15, 0.2) is 0 Å². The molecule has 0 spiro atoms. The van der Waals surface area contributed by atoms with Crippen LogP contribution in [-0.4, -0.2) is 68.2 Å². The number of ether oxygens (including phenoxy) is 1. The molecule has 1 aliphatic rings. The number of urea groups is 1. The van der Waals surface area contributed by atoms with Gasteiger partial charge in [0.15, 0.2) is 0 Å². The van der Waals surface area contributed by atoms with E-state index >= 15 is 0 Å². The molecule has 0 radical (unpaired) electrons. The van der Waals surface area contributed by atoms with Crippen LogP contribution in [-0.2, 0) is 14.3 Å². The summed E-state index contributed by atoms with van der Waals surface area (Å²) >= 11 is 0. The smallest absolute Gasteiger partial charge is 0.321 e. The van der Waals surface area contributed by atoms with Crippen LogP contribution in [0.25, 0.3) is 0 Å². The standard InChI is InChI=1S/C13H24N4O4/c1-3-14-13(20)16-12(19)10(2)15-5-4-11(18)17-6-8-21-9-7-17/h10,15H,3-9H2,1-2H3,(H2,14,16,19,20). The highest BCUT2D eigenvalue weighted by Crippen LogP contribution is 1.99. The molecule has 4 amide bonds. The number of carbonyl (C=O) groups is 3. The third kappa shape index (κ3) is 6.54. The molecule has 0 aromatic rings. The fourth-order valence-electron chi connectivity index (χ4n) is 1.88. The second kappa shape index (κ2) is 9.30. The molecule has 0 aromatic carbocycles. The van der Waals surface area contributed by atoms with Crippen LogP contribution in [0.3, 0.4) is 0 Å². The number of rotatable bonds is 6. The Morgan fingerprint density at radius 2 is 1.90 bits per heavy atom. The fourth-order valence-corrected chi connectivity index (χ4v) is 1.88. The summed E-state index contributed by atoms with van der Waals surface area (Å²) in [5.41, 5.74) is 0. The predicted octanol–water partition coefficient (Wildman–Crippen LogP) is -0.941. The molecule has 0 bridgehead atoms. The molecule has 1 saturated heterocycles. The predicted molar refractivity (Wildman–Crippen MR) is 76.7 cm³/mol. The minimum absolute atomic E-state index is 0.0436. The molecule has 0 aliphatic carbocycles. The summed E-state index contributed by atoms with van der Waals surface area (Å²) < 4.78 is 5.18. The molecule has 3 N–H and O–H groups in total. The van der Waals surface area contributed by atoms with Gasteiger partial charge in [0, 0.05) is 32.6 Å².